The molecule has 2 aromatic carbocycles. The quantitative estimate of drug-likeness (QED) is 0.584. The van der Waals surface area contributed by atoms with Crippen LogP contribution in [0.3, 0.4) is 0 Å². The van der Waals surface area contributed by atoms with Gasteiger partial charge in [0.15, 0.2) is 11.5 Å². The van der Waals surface area contributed by atoms with Crippen molar-refractivity contribution in [3.63, 3.8) is 0 Å². The maximum Gasteiger partial charge on any atom is 0.161 e. The molecule has 0 aliphatic heterocycles. The van der Waals surface area contributed by atoms with Crippen molar-refractivity contribution < 1.29 is 14.6 Å². The summed E-state index contributed by atoms with van der Waals surface area (Å²) >= 11 is 0. The largest absolute Gasteiger partial charge is 0.493 e. The molecule has 29 heavy (non-hydrogen) atoms. The Morgan fingerprint density at radius 3 is 2.45 bits per heavy atom. The molecule has 0 spiro atoms. The molecule has 3 aromatic rings. The number of hydrogen-bond donors (Lipinski definition) is 1. The number of halogens is 1. The van der Waals surface area contributed by atoms with E-state index >= 15 is 0 Å². The van der Waals surface area contributed by atoms with Crippen molar-refractivity contribution in [1.29, 1.82) is 0 Å². The Kier molecular flexibility index (Phi) is 5.34. The number of ether oxygens (including phenoxy) is 2. The fraction of sp³-hybridized carbons (Fsp3) is 0.458. The number of fused-ring (bicyclic) bond motifs is 7. The highest BCUT2D eigenvalue weighted by atomic mass is 35.5. The Bertz CT molecular complexity index is 1080. The monoisotopic (exact) mass is 413 g/mol. The third kappa shape index (κ3) is 2.96. The van der Waals surface area contributed by atoms with Crippen molar-refractivity contribution in [1.82, 2.24) is 4.98 Å². The lowest BCUT2D eigenvalue weighted by Gasteiger charge is -2.34. The molecule has 0 bridgehead atoms. The highest BCUT2D eigenvalue weighted by molar-refractivity contribution is 6.11. The van der Waals surface area contributed by atoms with Crippen LogP contribution in [-0.4, -0.2) is 24.3 Å². The summed E-state index contributed by atoms with van der Waals surface area (Å²) in [4.78, 5) is 4.85. The highest BCUT2D eigenvalue weighted by Gasteiger charge is 2.40. The van der Waals surface area contributed by atoms with Crippen LogP contribution in [0.4, 0.5) is 0 Å². The predicted octanol–water partition coefficient (Wildman–Crippen LogP) is 5.40. The van der Waals surface area contributed by atoms with Gasteiger partial charge in [0.1, 0.15) is 0 Å². The summed E-state index contributed by atoms with van der Waals surface area (Å²) in [6, 6.07) is 6.39. The van der Waals surface area contributed by atoms with Crippen molar-refractivity contribution in [2.24, 2.45) is 11.8 Å². The maximum absolute atomic E-state index is 11.3. The second-order valence-electron chi connectivity index (χ2n) is 8.24. The molecule has 4 nitrogen and oxygen atoms in total. The first kappa shape index (κ1) is 20.2. The summed E-state index contributed by atoms with van der Waals surface area (Å²) in [5.74, 6) is 2.39. The van der Waals surface area contributed by atoms with E-state index in [2.05, 4.69) is 25.1 Å². The van der Waals surface area contributed by atoms with Gasteiger partial charge in [0.05, 0.1) is 25.8 Å². The number of rotatable bonds is 3. The Hall–Kier alpha value is -2.04. The Morgan fingerprint density at radius 2 is 1.76 bits per heavy atom. The zero-order valence-electron chi connectivity index (χ0n) is 17.2. The minimum Gasteiger partial charge on any atom is -0.493 e. The van der Waals surface area contributed by atoms with Gasteiger partial charge in [0.25, 0.3) is 0 Å². The average Bonchev–Trinajstić information content (AvgIpc) is 3.21. The molecule has 0 radical (unpaired) electrons. The molecule has 5 heteroatoms. The van der Waals surface area contributed by atoms with E-state index in [4.69, 9.17) is 14.5 Å². The van der Waals surface area contributed by atoms with E-state index in [1.54, 1.807) is 14.2 Å². The summed E-state index contributed by atoms with van der Waals surface area (Å²) in [5.41, 5.74) is 4.44. The first-order valence-electron chi connectivity index (χ1n) is 10.3. The third-order valence-electron chi connectivity index (χ3n) is 6.96. The molecule has 1 saturated carbocycles. The van der Waals surface area contributed by atoms with Crippen LogP contribution in [0.2, 0.25) is 0 Å². The second-order valence-corrected chi connectivity index (χ2v) is 8.24. The molecule has 1 heterocycles. The number of aliphatic hydroxyl groups excluding tert-OH is 1. The van der Waals surface area contributed by atoms with E-state index in [1.807, 2.05) is 6.20 Å². The number of pyridine rings is 1. The summed E-state index contributed by atoms with van der Waals surface area (Å²) in [7, 11) is 3.35. The van der Waals surface area contributed by atoms with Gasteiger partial charge in [-0.05, 0) is 77.6 Å². The minimum atomic E-state index is -0.434. The van der Waals surface area contributed by atoms with Crippen molar-refractivity contribution >= 4 is 34.1 Å². The van der Waals surface area contributed by atoms with E-state index in [9.17, 15) is 5.11 Å². The van der Waals surface area contributed by atoms with E-state index in [0.717, 1.165) is 52.6 Å². The summed E-state index contributed by atoms with van der Waals surface area (Å²) in [6.45, 7) is 2.14. The van der Waals surface area contributed by atoms with Crippen molar-refractivity contribution in [2.75, 3.05) is 14.2 Å². The molecule has 0 amide bonds. The smallest absolute Gasteiger partial charge is 0.161 e. The fourth-order valence-corrected chi connectivity index (χ4v) is 5.51. The number of benzene rings is 2. The van der Waals surface area contributed by atoms with Gasteiger partial charge < -0.3 is 14.6 Å². The van der Waals surface area contributed by atoms with Gasteiger partial charge >= 0.3 is 0 Å². The van der Waals surface area contributed by atoms with Gasteiger partial charge in [-0.15, -0.1) is 12.4 Å². The van der Waals surface area contributed by atoms with E-state index in [-0.39, 0.29) is 12.4 Å². The van der Waals surface area contributed by atoms with Gasteiger partial charge in [-0.3, -0.25) is 4.98 Å². The lowest BCUT2D eigenvalue weighted by molar-refractivity contribution is 0.0758. The Morgan fingerprint density at radius 1 is 1.03 bits per heavy atom. The molecule has 2 aliphatic rings. The minimum absolute atomic E-state index is 0. The van der Waals surface area contributed by atoms with Gasteiger partial charge in [0.2, 0.25) is 0 Å². The SMILES string of the molecule is CCc1cnc2c3c(c4cc(OC)c(OC)cc4c2c1)CC1CCC[C@@H]1[C@@H]3O.Cl. The van der Waals surface area contributed by atoms with Gasteiger partial charge in [-0.25, -0.2) is 0 Å². The third-order valence-corrected chi connectivity index (χ3v) is 6.96. The maximum atomic E-state index is 11.3. The Balaban J connectivity index is 0.00000205. The van der Waals surface area contributed by atoms with Crippen molar-refractivity contribution in [3.05, 3.63) is 41.1 Å². The lowest BCUT2D eigenvalue weighted by Crippen LogP contribution is -2.26. The number of aromatic nitrogens is 1. The molecule has 154 valence electrons. The molecule has 3 atom stereocenters. The average molecular weight is 414 g/mol. The van der Waals surface area contributed by atoms with Gasteiger partial charge in [-0.2, -0.15) is 0 Å². The van der Waals surface area contributed by atoms with Crippen LogP contribution >= 0.6 is 12.4 Å². The van der Waals surface area contributed by atoms with Crippen molar-refractivity contribution in [2.45, 2.75) is 45.1 Å². The van der Waals surface area contributed by atoms with Crippen LogP contribution in [0.5, 0.6) is 11.5 Å². The number of nitrogens with zero attached hydrogens (tertiary/aromatic N) is 1. The van der Waals surface area contributed by atoms with Crippen molar-refractivity contribution in [3.8, 4) is 11.5 Å². The van der Waals surface area contributed by atoms with Gasteiger partial charge in [-0.1, -0.05) is 13.3 Å². The number of aryl methyl sites for hydroxylation is 1. The van der Waals surface area contributed by atoms with Crippen LogP contribution in [0, 0.1) is 11.8 Å². The highest BCUT2D eigenvalue weighted by Crippen LogP contribution is 2.51. The summed E-state index contributed by atoms with van der Waals surface area (Å²) < 4.78 is 11.2. The predicted molar refractivity (Wildman–Crippen MR) is 118 cm³/mol. The lowest BCUT2D eigenvalue weighted by atomic mass is 9.73. The molecule has 0 saturated heterocycles. The van der Waals surface area contributed by atoms with Crippen LogP contribution < -0.4 is 9.47 Å². The molecule has 5 rings (SSSR count). The normalized spacial score (nSPS) is 22.8. The fourth-order valence-electron chi connectivity index (χ4n) is 5.51. The molecule has 1 N–H and O–H groups in total. The molecule has 2 aliphatic carbocycles. The van der Waals surface area contributed by atoms with Crippen LogP contribution in [0.15, 0.2) is 24.4 Å². The molecule has 1 unspecified atom stereocenters. The molecular weight excluding hydrogens is 386 g/mol. The summed E-state index contributed by atoms with van der Waals surface area (Å²) in [5, 5.41) is 14.8. The Labute approximate surface area is 177 Å². The zero-order valence-corrected chi connectivity index (χ0v) is 18.0. The van der Waals surface area contributed by atoms with E-state index in [0.29, 0.717) is 11.8 Å². The topological polar surface area (TPSA) is 51.6 Å². The van der Waals surface area contributed by atoms with Crippen LogP contribution in [0.1, 0.15) is 49.0 Å². The molecular formula is C24H28ClNO3. The number of aliphatic hydroxyl groups is 1. The first-order chi connectivity index (χ1) is 13.7. The standard InChI is InChI=1S/C24H27NO3.ClH/c1-4-13-8-19-17-11-21(28-3)20(27-2)10-16(17)18-9-14-6-5-7-15(14)24(26)22(18)23(19)25-12-13;/h8,10-12,14-15,24,26H,4-7,9H2,1-3H3;1H/t14?,15-,24-;/m0./s1. The van der Waals surface area contributed by atoms with Crippen LogP contribution in [-0.2, 0) is 12.8 Å². The molecule has 1 aromatic heterocycles. The van der Waals surface area contributed by atoms with Crippen LogP contribution in [0.25, 0.3) is 21.7 Å². The zero-order chi connectivity index (χ0) is 19.4. The second kappa shape index (κ2) is 7.66. The number of hydrogen-bond acceptors (Lipinski definition) is 4. The number of methoxy groups -OCH3 is 2. The van der Waals surface area contributed by atoms with Gasteiger partial charge in [0, 0.05) is 17.1 Å². The molecule has 1 fully saturated rings. The van der Waals surface area contributed by atoms with E-state index < -0.39 is 6.10 Å². The first-order valence-corrected chi connectivity index (χ1v) is 10.3. The van der Waals surface area contributed by atoms with E-state index in [1.165, 1.54) is 29.4 Å². The summed E-state index contributed by atoms with van der Waals surface area (Å²) in [6.07, 6.45) is 7.00.